The first kappa shape index (κ1) is 18.7. The lowest BCUT2D eigenvalue weighted by molar-refractivity contribution is 0.133. The molecule has 0 atom stereocenters. The normalized spacial score (nSPS) is 13.6. The monoisotopic (exact) mass is 364 g/mol. The summed E-state index contributed by atoms with van der Waals surface area (Å²) in [6, 6.07) is 15.4. The third-order valence-electron chi connectivity index (χ3n) is 4.11. The summed E-state index contributed by atoms with van der Waals surface area (Å²) in [4.78, 5) is 11.7. The number of fused-ring (bicyclic) bond motifs is 1. The highest BCUT2D eigenvalue weighted by Gasteiger charge is 2.32. The zero-order valence-corrected chi connectivity index (χ0v) is 15.7. The van der Waals surface area contributed by atoms with E-state index in [0.29, 0.717) is 12.3 Å². The van der Waals surface area contributed by atoms with Crippen LogP contribution >= 0.6 is 0 Å². The second kappa shape index (κ2) is 8.50. The maximum atomic E-state index is 11.7. The van der Waals surface area contributed by atoms with Gasteiger partial charge in [-0.1, -0.05) is 54.3 Å². The lowest BCUT2D eigenvalue weighted by Gasteiger charge is -2.17. The van der Waals surface area contributed by atoms with Gasteiger partial charge in [0.2, 0.25) is 0 Å². The van der Waals surface area contributed by atoms with Gasteiger partial charge in [0.25, 0.3) is 0 Å². The van der Waals surface area contributed by atoms with Crippen LogP contribution < -0.4 is 20.1 Å². The molecule has 140 valence electrons. The van der Waals surface area contributed by atoms with Crippen LogP contribution in [0.3, 0.4) is 0 Å². The molecule has 0 spiro atoms. The quantitative estimate of drug-likeness (QED) is 0.801. The summed E-state index contributed by atoms with van der Waals surface area (Å²) < 4.78 is 11.7. The van der Waals surface area contributed by atoms with Gasteiger partial charge < -0.3 is 20.1 Å². The summed E-state index contributed by atoms with van der Waals surface area (Å²) in [6.45, 7) is 5.11. The third-order valence-corrected chi connectivity index (χ3v) is 4.11. The Hall–Kier alpha value is -3.13. The Balaban J connectivity index is 1.38. The summed E-state index contributed by atoms with van der Waals surface area (Å²) in [7, 11) is 0. The summed E-state index contributed by atoms with van der Waals surface area (Å²) >= 11 is 0. The number of carbonyl (C=O) groups excluding carboxylic acids is 1. The molecule has 0 saturated carbocycles. The lowest BCUT2D eigenvalue weighted by Crippen LogP contribution is -2.35. The molecule has 1 aliphatic heterocycles. The largest absolute Gasteiger partial charge is 0.483 e. The van der Waals surface area contributed by atoms with E-state index in [4.69, 9.17) is 9.47 Å². The molecule has 0 unspecified atom stereocenters. The fourth-order valence-electron chi connectivity index (χ4n) is 2.89. The Bertz CT molecular complexity index is 851. The number of carbonyl (C=O) groups is 1. The number of amides is 2. The number of benzene rings is 2. The summed E-state index contributed by atoms with van der Waals surface area (Å²) in [5.74, 6) is 7.30. The van der Waals surface area contributed by atoms with Crippen molar-refractivity contribution in [1.82, 2.24) is 10.6 Å². The first-order chi connectivity index (χ1) is 13.0. The van der Waals surface area contributed by atoms with E-state index >= 15 is 0 Å². The molecule has 27 heavy (non-hydrogen) atoms. The molecule has 5 heteroatoms. The van der Waals surface area contributed by atoms with Crippen molar-refractivity contribution >= 4 is 6.03 Å². The van der Waals surface area contributed by atoms with Crippen LogP contribution in [0.15, 0.2) is 48.5 Å². The molecule has 2 amide bonds. The van der Waals surface area contributed by atoms with Crippen molar-refractivity contribution in [3.8, 4) is 23.3 Å². The zero-order valence-electron chi connectivity index (χ0n) is 15.7. The molecule has 2 N–H and O–H groups in total. The Morgan fingerprint density at radius 1 is 1.11 bits per heavy atom. The Morgan fingerprint density at radius 2 is 1.93 bits per heavy atom. The molecule has 0 fully saturated rings. The second-order valence-corrected chi connectivity index (χ2v) is 6.95. The van der Waals surface area contributed by atoms with Crippen LogP contribution in [0.25, 0.3) is 0 Å². The Labute approximate surface area is 160 Å². The van der Waals surface area contributed by atoms with Crippen LogP contribution in [0.4, 0.5) is 4.79 Å². The number of rotatable bonds is 5. The minimum Gasteiger partial charge on any atom is -0.483 e. The lowest BCUT2D eigenvalue weighted by atomic mass is 10.0. The van der Waals surface area contributed by atoms with Crippen LogP contribution in [-0.2, 0) is 13.0 Å². The van der Waals surface area contributed by atoms with Gasteiger partial charge in [0.15, 0.2) is 11.5 Å². The smallest absolute Gasteiger partial charge is 0.315 e. The van der Waals surface area contributed by atoms with Crippen molar-refractivity contribution in [3.63, 3.8) is 0 Å². The number of hydrogen-bond acceptors (Lipinski definition) is 3. The van der Waals surface area contributed by atoms with E-state index in [9.17, 15) is 4.79 Å². The maximum absolute atomic E-state index is 11.7. The third kappa shape index (κ3) is 5.42. The van der Waals surface area contributed by atoms with Crippen LogP contribution in [0, 0.1) is 11.8 Å². The predicted molar refractivity (Wildman–Crippen MR) is 105 cm³/mol. The average Bonchev–Trinajstić information content (AvgIpc) is 2.98. The first-order valence-electron chi connectivity index (χ1n) is 8.98. The van der Waals surface area contributed by atoms with Gasteiger partial charge in [-0.25, -0.2) is 4.79 Å². The molecular weight excluding hydrogens is 340 g/mol. The van der Waals surface area contributed by atoms with Crippen molar-refractivity contribution < 1.29 is 14.3 Å². The Kier molecular flexibility index (Phi) is 5.87. The van der Waals surface area contributed by atoms with Gasteiger partial charge in [-0.3, -0.25) is 0 Å². The highest BCUT2D eigenvalue weighted by atomic mass is 16.5. The van der Waals surface area contributed by atoms with Gasteiger partial charge in [-0.2, -0.15) is 0 Å². The number of ether oxygens (including phenoxy) is 2. The number of hydrogen-bond donors (Lipinski definition) is 2. The molecule has 0 radical (unpaired) electrons. The van der Waals surface area contributed by atoms with Crippen LogP contribution in [-0.4, -0.2) is 24.8 Å². The molecular formula is C22H24N2O3. The Morgan fingerprint density at radius 3 is 2.74 bits per heavy atom. The maximum Gasteiger partial charge on any atom is 0.315 e. The summed E-state index contributed by atoms with van der Waals surface area (Å²) in [5, 5.41) is 5.49. The fraction of sp³-hybridized carbons (Fsp3) is 0.318. The molecule has 3 rings (SSSR count). The van der Waals surface area contributed by atoms with E-state index in [1.54, 1.807) is 0 Å². The van der Waals surface area contributed by atoms with Crippen LogP contribution in [0.2, 0.25) is 0 Å². The van der Waals surface area contributed by atoms with Gasteiger partial charge in [-0.05, 0) is 25.5 Å². The molecule has 0 aliphatic carbocycles. The van der Waals surface area contributed by atoms with E-state index in [2.05, 4.69) is 42.4 Å². The molecule has 1 heterocycles. The van der Waals surface area contributed by atoms with E-state index in [1.165, 1.54) is 0 Å². The zero-order chi connectivity index (χ0) is 19.1. The molecule has 1 aliphatic rings. The molecule has 2 aromatic rings. The highest BCUT2D eigenvalue weighted by Crippen LogP contribution is 2.41. The minimum absolute atomic E-state index is 0.204. The van der Waals surface area contributed by atoms with E-state index in [-0.39, 0.29) is 24.8 Å². The standard InChI is InChI=1S/C22H24N2O3/c1-22(2)15-18-11-8-12-19(20(18)27-22)26-14-7-6-13-23-21(25)24-16-17-9-4-3-5-10-17/h3-5,8-12H,13-16H2,1-2H3,(H2,23,24,25). The molecule has 2 aromatic carbocycles. The van der Waals surface area contributed by atoms with E-state index in [1.807, 2.05) is 42.5 Å². The van der Waals surface area contributed by atoms with Gasteiger partial charge in [0, 0.05) is 18.5 Å². The summed E-state index contributed by atoms with van der Waals surface area (Å²) in [5.41, 5.74) is 2.00. The first-order valence-corrected chi connectivity index (χ1v) is 8.98. The van der Waals surface area contributed by atoms with Gasteiger partial charge in [0.05, 0.1) is 6.54 Å². The highest BCUT2D eigenvalue weighted by molar-refractivity contribution is 5.74. The van der Waals surface area contributed by atoms with Crippen LogP contribution in [0.1, 0.15) is 25.0 Å². The topological polar surface area (TPSA) is 59.6 Å². The predicted octanol–water partition coefficient (Wildman–Crippen LogP) is 3.28. The van der Waals surface area contributed by atoms with E-state index < -0.39 is 0 Å². The fourth-order valence-corrected chi connectivity index (χ4v) is 2.89. The number of nitrogens with one attached hydrogen (secondary N) is 2. The molecule has 0 bridgehead atoms. The van der Waals surface area contributed by atoms with Gasteiger partial charge in [-0.15, -0.1) is 0 Å². The minimum atomic E-state index is -0.245. The number of urea groups is 1. The van der Waals surface area contributed by atoms with E-state index in [0.717, 1.165) is 23.3 Å². The van der Waals surface area contributed by atoms with Crippen molar-refractivity contribution in [2.45, 2.75) is 32.4 Å². The van der Waals surface area contributed by atoms with Crippen LogP contribution in [0.5, 0.6) is 11.5 Å². The molecule has 0 saturated heterocycles. The number of para-hydroxylation sites is 1. The van der Waals surface area contributed by atoms with Crippen molar-refractivity contribution in [2.24, 2.45) is 0 Å². The van der Waals surface area contributed by atoms with Crippen molar-refractivity contribution in [1.29, 1.82) is 0 Å². The summed E-state index contributed by atoms with van der Waals surface area (Å²) in [6.07, 6.45) is 0.868. The molecule has 5 nitrogen and oxygen atoms in total. The van der Waals surface area contributed by atoms with Crippen molar-refractivity contribution in [2.75, 3.05) is 13.2 Å². The van der Waals surface area contributed by atoms with Gasteiger partial charge in [0.1, 0.15) is 12.2 Å². The average molecular weight is 364 g/mol. The molecule has 0 aromatic heterocycles. The van der Waals surface area contributed by atoms with Crippen molar-refractivity contribution in [3.05, 3.63) is 59.7 Å². The van der Waals surface area contributed by atoms with Gasteiger partial charge >= 0.3 is 6.03 Å². The SMILES string of the molecule is CC1(C)Cc2cccc(OCC#CCNC(=O)NCc3ccccc3)c2O1. The second-order valence-electron chi connectivity index (χ2n) is 6.95.